The summed E-state index contributed by atoms with van der Waals surface area (Å²) in [6.07, 6.45) is 1.61. The van der Waals surface area contributed by atoms with E-state index in [1.165, 1.54) is 0 Å². The molecule has 0 saturated heterocycles. The Labute approximate surface area is 106 Å². The summed E-state index contributed by atoms with van der Waals surface area (Å²) >= 11 is 0. The molecule has 2 atom stereocenters. The maximum absolute atomic E-state index is 10.00. The molecule has 5 nitrogen and oxygen atoms in total. The van der Waals surface area contributed by atoms with Gasteiger partial charge in [0.15, 0.2) is 5.65 Å². The molecule has 2 aromatic rings. The van der Waals surface area contributed by atoms with E-state index in [0.29, 0.717) is 6.54 Å². The summed E-state index contributed by atoms with van der Waals surface area (Å²) in [4.78, 5) is 4.61. The summed E-state index contributed by atoms with van der Waals surface area (Å²) in [5, 5.41) is 16.5. The second-order valence-corrected chi connectivity index (χ2v) is 4.84. The van der Waals surface area contributed by atoms with Crippen LogP contribution in [0.25, 0.3) is 5.65 Å². The minimum atomic E-state index is -0.415. The van der Waals surface area contributed by atoms with Crippen LogP contribution < -0.4 is 10.6 Å². The fourth-order valence-electron chi connectivity index (χ4n) is 2.67. The first kappa shape index (κ1) is 11.5. The maximum Gasteiger partial charge on any atom is 0.161 e. The van der Waals surface area contributed by atoms with Crippen LogP contribution in [0.15, 0.2) is 12.3 Å². The molecule has 0 saturated carbocycles. The molecule has 2 aromatic heterocycles. The highest BCUT2D eigenvalue weighted by Gasteiger charge is 2.28. The van der Waals surface area contributed by atoms with Gasteiger partial charge in [-0.05, 0) is 27.0 Å². The number of nitrogens with zero attached hydrogens (tertiary/aromatic N) is 2. The van der Waals surface area contributed by atoms with E-state index in [-0.39, 0.29) is 6.04 Å². The summed E-state index contributed by atoms with van der Waals surface area (Å²) in [7, 11) is 1.87. The quantitative estimate of drug-likeness (QED) is 0.702. The molecular weight excluding hydrogens is 228 g/mol. The van der Waals surface area contributed by atoms with Crippen LogP contribution in [0.3, 0.4) is 0 Å². The average Bonchev–Trinajstić information content (AvgIpc) is 2.65. The Hall–Kier alpha value is -1.59. The highest BCUT2D eigenvalue weighted by Crippen LogP contribution is 2.33. The fourth-order valence-corrected chi connectivity index (χ4v) is 2.67. The van der Waals surface area contributed by atoms with Crippen molar-refractivity contribution in [3.05, 3.63) is 29.2 Å². The summed E-state index contributed by atoms with van der Waals surface area (Å²) in [6, 6.07) is 2.01. The normalized spacial score (nSPS) is 22.9. The molecule has 0 unspecified atom stereocenters. The van der Waals surface area contributed by atoms with Crippen LogP contribution in [0.1, 0.15) is 23.0 Å². The van der Waals surface area contributed by atoms with E-state index < -0.39 is 6.10 Å². The predicted octanol–water partition coefficient (Wildman–Crippen LogP) is 0.998. The third-order valence-corrected chi connectivity index (χ3v) is 3.82. The molecule has 0 fully saturated rings. The van der Waals surface area contributed by atoms with Crippen molar-refractivity contribution in [2.45, 2.75) is 26.0 Å². The predicted molar refractivity (Wildman–Crippen MR) is 71.0 cm³/mol. The van der Waals surface area contributed by atoms with Gasteiger partial charge < -0.3 is 20.1 Å². The molecule has 0 amide bonds. The highest BCUT2D eigenvalue weighted by atomic mass is 16.3. The molecule has 3 heterocycles. The van der Waals surface area contributed by atoms with E-state index in [1.807, 2.05) is 26.2 Å². The number of hydrogen-bond donors (Lipinski definition) is 3. The van der Waals surface area contributed by atoms with Crippen molar-refractivity contribution in [1.82, 2.24) is 14.7 Å². The molecule has 1 aliphatic heterocycles. The van der Waals surface area contributed by atoms with Gasteiger partial charge in [-0.1, -0.05) is 0 Å². The summed E-state index contributed by atoms with van der Waals surface area (Å²) in [5.74, 6) is 0. The van der Waals surface area contributed by atoms with Crippen molar-refractivity contribution in [2.75, 3.05) is 18.9 Å². The average molecular weight is 246 g/mol. The van der Waals surface area contributed by atoms with Crippen molar-refractivity contribution in [1.29, 1.82) is 0 Å². The molecule has 0 aliphatic carbocycles. The van der Waals surface area contributed by atoms with Crippen LogP contribution >= 0.6 is 0 Å². The van der Waals surface area contributed by atoms with Crippen LogP contribution in [0, 0.1) is 13.8 Å². The zero-order chi connectivity index (χ0) is 12.9. The van der Waals surface area contributed by atoms with E-state index in [9.17, 15) is 5.11 Å². The standard InChI is InChI=1S/C13H18N4O/c1-7-8(2)17-5-4-9-11(14-3)10(18)6-15-12(9)13(17)16-7/h4-5,10-11,14-15,18H,6H2,1-3H3/t10-,11+/m0/s1. The first-order chi connectivity index (χ1) is 8.63. The van der Waals surface area contributed by atoms with Crippen molar-refractivity contribution in [3.63, 3.8) is 0 Å². The Bertz CT molecular complexity index is 605. The van der Waals surface area contributed by atoms with Crippen molar-refractivity contribution in [2.24, 2.45) is 0 Å². The van der Waals surface area contributed by atoms with Gasteiger partial charge in [0.25, 0.3) is 0 Å². The minimum Gasteiger partial charge on any atom is -0.389 e. The van der Waals surface area contributed by atoms with E-state index >= 15 is 0 Å². The minimum absolute atomic E-state index is 0.0384. The van der Waals surface area contributed by atoms with E-state index in [1.54, 1.807) is 0 Å². The monoisotopic (exact) mass is 246 g/mol. The Balaban J connectivity index is 2.26. The van der Waals surface area contributed by atoms with Crippen LogP contribution in [0.4, 0.5) is 5.69 Å². The Morgan fingerprint density at radius 1 is 1.50 bits per heavy atom. The number of fused-ring (bicyclic) bond motifs is 3. The topological polar surface area (TPSA) is 61.6 Å². The van der Waals surface area contributed by atoms with Crippen LogP contribution in [0.5, 0.6) is 0 Å². The van der Waals surface area contributed by atoms with E-state index in [2.05, 4.69) is 26.9 Å². The van der Waals surface area contributed by atoms with E-state index in [0.717, 1.165) is 28.3 Å². The number of aliphatic hydroxyl groups excluding tert-OH is 1. The lowest BCUT2D eigenvalue weighted by Crippen LogP contribution is -2.39. The van der Waals surface area contributed by atoms with Gasteiger partial charge in [0.2, 0.25) is 0 Å². The molecule has 1 aliphatic rings. The molecule has 3 rings (SSSR count). The number of aryl methyl sites for hydroxylation is 2. The maximum atomic E-state index is 10.00. The van der Waals surface area contributed by atoms with Gasteiger partial charge in [-0.15, -0.1) is 0 Å². The summed E-state index contributed by atoms with van der Waals surface area (Å²) < 4.78 is 2.09. The van der Waals surface area contributed by atoms with Crippen molar-refractivity contribution < 1.29 is 5.11 Å². The van der Waals surface area contributed by atoms with E-state index in [4.69, 9.17) is 0 Å². The van der Waals surface area contributed by atoms with Gasteiger partial charge in [0.05, 0.1) is 23.5 Å². The molecule has 18 heavy (non-hydrogen) atoms. The number of aliphatic hydroxyl groups is 1. The number of likely N-dealkylation sites (N-methyl/N-ethyl adjacent to an activating group) is 1. The zero-order valence-corrected chi connectivity index (χ0v) is 10.9. The number of rotatable bonds is 1. The Kier molecular flexibility index (Phi) is 2.53. The smallest absolute Gasteiger partial charge is 0.161 e. The number of hydrogen-bond acceptors (Lipinski definition) is 4. The first-order valence-corrected chi connectivity index (χ1v) is 6.21. The lowest BCUT2D eigenvalue weighted by atomic mass is 9.97. The zero-order valence-electron chi connectivity index (χ0n) is 10.9. The molecule has 5 heteroatoms. The van der Waals surface area contributed by atoms with Gasteiger partial charge in [-0.25, -0.2) is 4.98 Å². The molecule has 0 radical (unpaired) electrons. The second kappa shape index (κ2) is 3.96. The number of nitrogens with one attached hydrogen (secondary N) is 2. The van der Waals surface area contributed by atoms with Crippen LogP contribution in [0.2, 0.25) is 0 Å². The van der Waals surface area contributed by atoms with Crippen molar-refractivity contribution >= 4 is 11.3 Å². The van der Waals surface area contributed by atoms with Gasteiger partial charge in [0.1, 0.15) is 0 Å². The number of aromatic nitrogens is 2. The molecule has 0 spiro atoms. The highest BCUT2D eigenvalue weighted by molar-refractivity contribution is 5.74. The number of imidazole rings is 1. The largest absolute Gasteiger partial charge is 0.389 e. The molecule has 0 aromatic carbocycles. The van der Waals surface area contributed by atoms with Crippen molar-refractivity contribution in [3.8, 4) is 0 Å². The van der Waals surface area contributed by atoms with Gasteiger partial charge in [0, 0.05) is 24.0 Å². The summed E-state index contributed by atoms with van der Waals surface area (Å²) in [5.41, 5.74) is 5.24. The van der Waals surface area contributed by atoms with Crippen LogP contribution in [-0.2, 0) is 0 Å². The molecule has 96 valence electrons. The fraction of sp³-hybridized carbons (Fsp3) is 0.462. The Morgan fingerprint density at radius 2 is 2.28 bits per heavy atom. The lowest BCUT2D eigenvalue weighted by Gasteiger charge is -2.31. The van der Waals surface area contributed by atoms with Gasteiger partial charge >= 0.3 is 0 Å². The third kappa shape index (κ3) is 1.44. The number of anilines is 1. The molecule has 3 N–H and O–H groups in total. The Morgan fingerprint density at radius 3 is 3.00 bits per heavy atom. The second-order valence-electron chi connectivity index (χ2n) is 4.84. The number of pyridine rings is 1. The van der Waals surface area contributed by atoms with Crippen LogP contribution in [-0.4, -0.2) is 34.2 Å². The SMILES string of the molecule is CN[C@@H]1c2ccn3c(C)c(C)nc3c2NC[C@@H]1O. The molecular formula is C13H18N4O. The van der Waals surface area contributed by atoms with Gasteiger partial charge in [-0.3, -0.25) is 0 Å². The summed E-state index contributed by atoms with van der Waals surface area (Å²) in [6.45, 7) is 4.63. The number of β-amino-alcohol motifs (C(OH)–C–C–N with tert-alkyl or cyclic N) is 1. The lowest BCUT2D eigenvalue weighted by molar-refractivity contribution is 0.139. The van der Waals surface area contributed by atoms with Gasteiger partial charge in [-0.2, -0.15) is 0 Å². The first-order valence-electron chi connectivity index (χ1n) is 6.21. The molecule has 0 bridgehead atoms. The third-order valence-electron chi connectivity index (χ3n) is 3.82.